The Morgan fingerprint density at radius 3 is 2.33 bits per heavy atom. The molecule has 2 aliphatic rings. The van der Waals surface area contributed by atoms with Gasteiger partial charge in [0.25, 0.3) is 0 Å². The molecule has 4 N–H and O–H groups in total. The summed E-state index contributed by atoms with van der Waals surface area (Å²) in [6, 6.07) is 0. The number of carbonyl (C=O) groups excluding carboxylic acids is 2. The monoisotopic (exact) mass is 258 g/mol. The maximum absolute atomic E-state index is 10.7. The molecule has 102 valence electrons. The summed E-state index contributed by atoms with van der Waals surface area (Å²) in [5.41, 5.74) is 0. The minimum Gasteiger partial charge on any atom is -0.480 e. The lowest BCUT2D eigenvalue weighted by Gasteiger charge is -2.24. The average molecular weight is 258 g/mol. The van der Waals surface area contributed by atoms with Crippen LogP contribution in [0.4, 0.5) is 0 Å². The molecule has 0 saturated carbocycles. The lowest BCUT2D eigenvalue weighted by molar-refractivity contribution is -0.139. The zero-order valence-electron chi connectivity index (χ0n) is 10.1. The fourth-order valence-electron chi connectivity index (χ4n) is 1.57. The molecule has 2 saturated heterocycles. The zero-order chi connectivity index (χ0) is 13.4. The average Bonchev–Trinajstić information content (AvgIpc) is 2.30. The molecule has 0 radical (unpaired) electrons. The van der Waals surface area contributed by atoms with Gasteiger partial charge < -0.3 is 21.1 Å². The Kier molecular flexibility index (Phi) is 6.09. The van der Waals surface area contributed by atoms with Crippen LogP contribution in [0.25, 0.3) is 0 Å². The SMILES string of the molecule is O=C(O)CN1CCNC(=O)C1.O=C1CNCCN1. The molecular formula is C10H18N4O4. The fourth-order valence-corrected chi connectivity index (χ4v) is 1.57. The number of aliphatic carboxylic acids is 1. The second kappa shape index (κ2) is 7.62. The number of hydrogen-bond acceptors (Lipinski definition) is 5. The number of hydrogen-bond donors (Lipinski definition) is 4. The summed E-state index contributed by atoms with van der Waals surface area (Å²) in [6.07, 6.45) is 0. The van der Waals surface area contributed by atoms with Gasteiger partial charge >= 0.3 is 5.97 Å². The van der Waals surface area contributed by atoms with Crippen molar-refractivity contribution in [3.05, 3.63) is 0 Å². The van der Waals surface area contributed by atoms with Gasteiger partial charge in [0, 0.05) is 26.2 Å². The van der Waals surface area contributed by atoms with Crippen LogP contribution in [0.3, 0.4) is 0 Å². The van der Waals surface area contributed by atoms with E-state index in [1.165, 1.54) is 0 Å². The van der Waals surface area contributed by atoms with Crippen LogP contribution in [0.1, 0.15) is 0 Å². The largest absolute Gasteiger partial charge is 0.480 e. The first-order valence-corrected chi connectivity index (χ1v) is 5.76. The van der Waals surface area contributed by atoms with Gasteiger partial charge in [-0.25, -0.2) is 0 Å². The van der Waals surface area contributed by atoms with Gasteiger partial charge in [0.05, 0.1) is 19.6 Å². The van der Waals surface area contributed by atoms with Crippen molar-refractivity contribution in [2.45, 2.75) is 0 Å². The summed E-state index contributed by atoms with van der Waals surface area (Å²) >= 11 is 0. The van der Waals surface area contributed by atoms with Gasteiger partial charge in [-0.2, -0.15) is 0 Å². The number of nitrogens with zero attached hydrogens (tertiary/aromatic N) is 1. The van der Waals surface area contributed by atoms with E-state index in [1.807, 2.05) is 0 Å². The first-order chi connectivity index (χ1) is 8.58. The van der Waals surface area contributed by atoms with Crippen LogP contribution in [0, 0.1) is 0 Å². The zero-order valence-corrected chi connectivity index (χ0v) is 10.1. The maximum Gasteiger partial charge on any atom is 0.317 e. The predicted octanol–water partition coefficient (Wildman–Crippen LogP) is -2.79. The molecule has 8 nitrogen and oxygen atoms in total. The van der Waals surface area contributed by atoms with Gasteiger partial charge in [0.2, 0.25) is 11.8 Å². The molecule has 2 heterocycles. The van der Waals surface area contributed by atoms with Crippen molar-refractivity contribution in [1.29, 1.82) is 0 Å². The molecule has 8 heteroatoms. The second-order valence-electron chi connectivity index (χ2n) is 3.98. The van der Waals surface area contributed by atoms with E-state index in [0.717, 1.165) is 13.1 Å². The first kappa shape index (κ1) is 14.4. The molecule has 0 aromatic heterocycles. The number of carboxylic acids is 1. The Labute approximate surface area is 105 Å². The highest BCUT2D eigenvalue weighted by Crippen LogP contribution is 1.91. The molecule has 0 spiro atoms. The van der Waals surface area contributed by atoms with E-state index in [9.17, 15) is 14.4 Å². The summed E-state index contributed by atoms with van der Waals surface area (Å²) in [5.74, 6) is -0.886. The number of nitrogens with one attached hydrogen (secondary N) is 3. The smallest absolute Gasteiger partial charge is 0.317 e. The topological polar surface area (TPSA) is 111 Å². The van der Waals surface area contributed by atoms with Crippen molar-refractivity contribution in [2.75, 3.05) is 45.8 Å². The molecule has 0 aromatic rings. The van der Waals surface area contributed by atoms with E-state index in [-0.39, 0.29) is 24.9 Å². The fraction of sp³-hybridized carbons (Fsp3) is 0.700. The van der Waals surface area contributed by atoms with Crippen molar-refractivity contribution in [2.24, 2.45) is 0 Å². The van der Waals surface area contributed by atoms with Crippen LogP contribution in [0.2, 0.25) is 0 Å². The Morgan fingerprint density at radius 2 is 1.89 bits per heavy atom. The molecule has 0 bridgehead atoms. The summed E-state index contributed by atoms with van der Waals surface area (Å²) in [4.78, 5) is 32.8. The molecular weight excluding hydrogens is 240 g/mol. The van der Waals surface area contributed by atoms with E-state index in [2.05, 4.69) is 16.0 Å². The second-order valence-corrected chi connectivity index (χ2v) is 3.98. The lowest BCUT2D eigenvalue weighted by Crippen LogP contribution is -2.49. The summed E-state index contributed by atoms with van der Waals surface area (Å²) in [7, 11) is 0. The van der Waals surface area contributed by atoms with Crippen LogP contribution in [0.5, 0.6) is 0 Å². The van der Waals surface area contributed by atoms with Gasteiger partial charge in [-0.15, -0.1) is 0 Å². The van der Waals surface area contributed by atoms with Crippen LogP contribution < -0.4 is 16.0 Å². The Morgan fingerprint density at radius 1 is 1.17 bits per heavy atom. The third-order valence-corrected chi connectivity index (χ3v) is 2.39. The van der Waals surface area contributed by atoms with Crippen LogP contribution in [-0.2, 0) is 14.4 Å². The van der Waals surface area contributed by atoms with Crippen molar-refractivity contribution < 1.29 is 19.5 Å². The molecule has 0 aromatic carbocycles. The minimum atomic E-state index is -0.889. The first-order valence-electron chi connectivity index (χ1n) is 5.76. The summed E-state index contributed by atoms with van der Waals surface area (Å²) in [5, 5.41) is 16.6. The number of piperazine rings is 2. The van der Waals surface area contributed by atoms with Crippen molar-refractivity contribution in [3.63, 3.8) is 0 Å². The number of rotatable bonds is 2. The third-order valence-electron chi connectivity index (χ3n) is 2.39. The Hall–Kier alpha value is -1.67. The molecule has 0 atom stereocenters. The van der Waals surface area contributed by atoms with Gasteiger partial charge in [0.1, 0.15) is 0 Å². The number of carbonyl (C=O) groups is 3. The Bertz CT molecular complexity index is 311. The summed E-state index contributed by atoms with van der Waals surface area (Å²) < 4.78 is 0. The van der Waals surface area contributed by atoms with Crippen molar-refractivity contribution >= 4 is 17.8 Å². The Balaban J connectivity index is 0.000000199. The van der Waals surface area contributed by atoms with Gasteiger partial charge in [-0.1, -0.05) is 0 Å². The van der Waals surface area contributed by atoms with Gasteiger partial charge in [0.15, 0.2) is 0 Å². The molecule has 0 unspecified atom stereocenters. The highest BCUT2D eigenvalue weighted by molar-refractivity contribution is 5.79. The molecule has 2 rings (SSSR count). The van der Waals surface area contributed by atoms with Gasteiger partial charge in [-0.05, 0) is 0 Å². The van der Waals surface area contributed by atoms with Gasteiger partial charge in [-0.3, -0.25) is 19.3 Å². The third kappa shape index (κ3) is 6.16. The standard InChI is InChI=1S/C6H10N2O3.C4H8N2O/c9-5-3-8(2-1-7-5)4-6(10)11;7-4-3-5-1-2-6-4/h1-4H2,(H,7,9)(H,10,11);5H,1-3H2,(H,6,7). The molecule has 18 heavy (non-hydrogen) atoms. The van der Waals surface area contributed by atoms with E-state index in [0.29, 0.717) is 19.6 Å². The van der Waals surface area contributed by atoms with E-state index >= 15 is 0 Å². The number of carboxylic acid groups (broad SMARTS) is 1. The predicted molar refractivity (Wildman–Crippen MR) is 63.0 cm³/mol. The van der Waals surface area contributed by atoms with Crippen LogP contribution >= 0.6 is 0 Å². The minimum absolute atomic E-state index is 0.0482. The molecule has 2 fully saturated rings. The van der Waals surface area contributed by atoms with Crippen molar-refractivity contribution in [1.82, 2.24) is 20.9 Å². The van der Waals surface area contributed by atoms with Crippen molar-refractivity contribution in [3.8, 4) is 0 Å². The lowest BCUT2D eigenvalue weighted by atomic mass is 10.3. The maximum atomic E-state index is 10.7. The highest BCUT2D eigenvalue weighted by Gasteiger charge is 2.17. The molecule has 0 aliphatic carbocycles. The van der Waals surface area contributed by atoms with Crippen LogP contribution in [0.15, 0.2) is 0 Å². The highest BCUT2D eigenvalue weighted by atomic mass is 16.4. The molecule has 2 amide bonds. The van der Waals surface area contributed by atoms with Crippen LogP contribution in [-0.4, -0.2) is 73.6 Å². The quantitative estimate of drug-likeness (QED) is 0.426. The number of amides is 2. The van der Waals surface area contributed by atoms with E-state index < -0.39 is 5.97 Å². The summed E-state index contributed by atoms with van der Waals surface area (Å²) in [6.45, 7) is 3.49. The normalized spacial score (nSPS) is 20.2. The van der Waals surface area contributed by atoms with E-state index in [4.69, 9.17) is 5.11 Å². The molecule has 2 aliphatic heterocycles. The van der Waals surface area contributed by atoms with E-state index in [1.54, 1.807) is 4.90 Å².